The van der Waals surface area contributed by atoms with Gasteiger partial charge in [-0.15, -0.1) is 0 Å². The molecule has 0 aliphatic heterocycles. The Morgan fingerprint density at radius 3 is 2.85 bits per heavy atom. The zero-order chi connectivity index (χ0) is 14.1. The molecule has 1 N–H and O–H groups in total. The molecule has 0 saturated heterocycles. The molecule has 0 aromatic carbocycles. The molecule has 3 atom stereocenters. The van der Waals surface area contributed by atoms with E-state index in [0.29, 0.717) is 12.5 Å². The summed E-state index contributed by atoms with van der Waals surface area (Å²) in [6.07, 6.45) is 6.77. The molecule has 1 fully saturated rings. The Bertz CT molecular complexity index is 495. The van der Waals surface area contributed by atoms with E-state index in [-0.39, 0.29) is 6.09 Å². The van der Waals surface area contributed by atoms with E-state index in [1.807, 2.05) is 0 Å². The molecule has 2 aliphatic rings. The fraction of sp³-hybridized carbons (Fsp3) is 0.688. The van der Waals surface area contributed by atoms with Gasteiger partial charge in [-0.2, -0.15) is 0 Å². The average molecular weight is 276 g/mol. The van der Waals surface area contributed by atoms with Crippen molar-refractivity contribution in [3.8, 4) is 0 Å². The quantitative estimate of drug-likeness (QED) is 0.922. The highest BCUT2D eigenvalue weighted by Gasteiger charge is 2.50. The highest BCUT2D eigenvalue weighted by atomic mass is 16.5. The number of rotatable bonds is 3. The van der Waals surface area contributed by atoms with Crippen molar-refractivity contribution in [2.45, 2.75) is 39.2 Å². The molecule has 2 aliphatic carbocycles. The van der Waals surface area contributed by atoms with Crippen LogP contribution in [0.1, 0.15) is 31.0 Å². The lowest BCUT2D eigenvalue weighted by Gasteiger charge is -2.12. The summed E-state index contributed by atoms with van der Waals surface area (Å²) in [4.78, 5) is 11.2. The fourth-order valence-corrected chi connectivity index (χ4v) is 3.88. The lowest BCUT2D eigenvalue weighted by molar-refractivity contribution is 0.139. The summed E-state index contributed by atoms with van der Waals surface area (Å²) in [6, 6.07) is 2.29. The van der Waals surface area contributed by atoms with Gasteiger partial charge in [-0.05, 0) is 62.0 Å². The second-order valence-corrected chi connectivity index (χ2v) is 5.99. The van der Waals surface area contributed by atoms with Crippen molar-refractivity contribution in [1.29, 1.82) is 0 Å². The number of carbonyl (C=O) groups is 1. The summed E-state index contributed by atoms with van der Waals surface area (Å²) in [7, 11) is 1.61. The van der Waals surface area contributed by atoms with Crippen LogP contribution in [0.25, 0.3) is 0 Å². The minimum Gasteiger partial charge on any atom is -0.449 e. The second-order valence-electron chi connectivity index (χ2n) is 5.99. The van der Waals surface area contributed by atoms with Crippen molar-refractivity contribution in [2.75, 3.05) is 13.7 Å². The Balaban J connectivity index is 1.60. The SMILES string of the molecule is CCn1ccc2c1CC[C@H]1[C@@H](CC2)[C@H]1COC(=O)NC. The molecule has 1 saturated carbocycles. The molecule has 1 aromatic heterocycles. The molecular weight excluding hydrogens is 252 g/mol. The Morgan fingerprint density at radius 1 is 1.40 bits per heavy atom. The van der Waals surface area contributed by atoms with Crippen LogP contribution in [0.3, 0.4) is 0 Å². The van der Waals surface area contributed by atoms with Gasteiger partial charge in [0.25, 0.3) is 0 Å². The number of aryl methyl sites for hydroxylation is 2. The van der Waals surface area contributed by atoms with Crippen molar-refractivity contribution in [3.63, 3.8) is 0 Å². The monoisotopic (exact) mass is 276 g/mol. The maximum Gasteiger partial charge on any atom is 0.406 e. The Kier molecular flexibility index (Phi) is 3.72. The normalized spacial score (nSPS) is 27.8. The molecule has 0 unspecified atom stereocenters. The third-order valence-electron chi connectivity index (χ3n) is 5.10. The van der Waals surface area contributed by atoms with Gasteiger partial charge < -0.3 is 14.6 Å². The molecule has 0 spiro atoms. The summed E-state index contributed by atoms with van der Waals surface area (Å²) in [5.41, 5.74) is 3.06. The zero-order valence-electron chi connectivity index (χ0n) is 12.4. The first kappa shape index (κ1) is 13.5. The van der Waals surface area contributed by atoms with Gasteiger partial charge in [-0.3, -0.25) is 0 Å². The van der Waals surface area contributed by atoms with Gasteiger partial charge in [0.2, 0.25) is 0 Å². The van der Waals surface area contributed by atoms with Crippen LogP contribution >= 0.6 is 0 Å². The number of aromatic nitrogens is 1. The van der Waals surface area contributed by atoms with Crippen LogP contribution < -0.4 is 5.32 Å². The third kappa shape index (κ3) is 2.43. The van der Waals surface area contributed by atoms with Crippen LogP contribution in [0, 0.1) is 17.8 Å². The van der Waals surface area contributed by atoms with Crippen molar-refractivity contribution < 1.29 is 9.53 Å². The minimum absolute atomic E-state index is 0.301. The Morgan fingerprint density at radius 2 is 2.15 bits per heavy atom. The van der Waals surface area contributed by atoms with Gasteiger partial charge in [0, 0.05) is 25.5 Å². The molecule has 0 bridgehead atoms. The van der Waals surface area contributed by atoms with Gasteiger partial charge in [0.15, 0.2) is 0 Å². The first-order chi connectivity index (χ1) is 9.74. The second kappa shape index (κ2) is 5.51. The van der Waals surface area contributed by atoms with Crippen molar-refractivity contribution in [3.05, 3.63) is 23.5 Å². The molecular formula is C16H24N2O2. The van der Waals surface area contributed by atoms with E-state index < -0.39 is 0 Å². The average Bonchev–Trinajstić information content (AvgIpc) is 2.95. The van der Waals surface area contributed by atoms with Crippen molar-refractivity contribution in [2.24, 2.45) is 17.8 Å². The predicted octanol–water partition coefficient (Wildman–Crippen LogP) is 2.61. The number of hydrogen-bond donors (Lipinski definition) is 1. The molecule has 1 heterocycles. The topological polar surface area (TPSA) is 43.3 Å². The number of amides is 1. The van der Waals surface area contributed by atoms with Crippen LogP contribution in [0.4, 0.5) is 4.79 Å². The van der Waals surface area contributed by atoms with Crippen LogP contribution in [-0.2, 0) is 24.1 Å². The number of nitrogens with zero attached hydrogens (tertiary/aromatic N) is 1. The summed E-state index contributed by atoms with van der Waals surface area (Å²) < 4.78 is 7.62. The fourth-order valence-electron chi connectivity index (χ4n) is 3.88. The zero-order valence-corrected chi connectivity index (χ0v) is 12.4. The van der Waals surface area contributed by atoms with Crippen molar-refractivity contribution in [1.82, 2.24) is 9.88 Å². The number of alkyl carbamates (subject to hydrolysis) is 1. The van der Waals surface area contributed by atoms with E-state index in [4.69, 9.17) is 4.74 Å². The molecule has 1 amide bonds. The lowest BCUT2D eigenvalue weighted by atomic mass is 9.99. The van der Waals surface area contributed by atoms with E-state index in [1.54, 1.807) is 7.05 Å². The smallest absolute Gasteiger partial charge is 0.406 e. The van der Waals surface area contributed by atoms with Crippen LogP contribution in [0.5, 0.6) is 0 Å². The lowest BCUT2D eigenvalue weighted by Crippen LogP contribution is -2.20. The van der Waals surface area contributed by atoms with E-state index in [1.165, 1.54) is 36.9 Å². The van der Waals surface area contributed by atoms with E-state index >= 15 is 0 Å². The van der Waals surface area contributed by atoms with Crippen molar-refractivity contribution >= 4 is 6.09 Å². The molecule has 3 rings (SSSR count). The predicted molar refractivity (Wildman–Crippen MR) is 77.6 cm³/mol. The van der Waals surface area contributed by atoms with E-state index in [2.05, 4.69) is 29.1 Å². The van der Waals surface area contributed by atoms with Gasteiger partial charge in [0.05, 0.1) is 6.61 Å². The van der Waals surface area contributed by atoms with Gasteiger partial charge >= 0.3 is 6.09 Å². The first-order valence-electron chi connectivity index (χ1n) is 7.76. The number of ether oxygens (including phenoxy) is 1. The number of nitrogens with one attached hydrogen (secondary N) is 1. The van der Waals surface area contributed by atoms with E-state index in [0.717, 1.165) is 18.4 Å². The third-order valence-corrected chi connectivity index (χ3v) is 5.10. The molecule has 1 aromatic rings. The minimum atomic E-state index is -0.301. The van der Waals surface area contributed by atoms with Crippen LogP contribution in [0.2, 0.25) is 0 Å². The van der Waals surface area contributed by atoms with Crippen LogP contribution in [-0.4, -0.2) is 24.3 Å². The highest BCUT2D eigenvalue weighted by Crippen LogP contribution is 2.53. The maximum atomic E-state index is 11.2. The standard InChI is InChI=1S/C16H24N2O2/c1-3-18-9-8-11-4-5-12-13(6-7-15(11)18)14(12)10-20-16(19)17-2/h8-9,12-14H,3-7,10H2,1-2H3,(H,17,19)/t12-,13+,14-/m1/s1. The van der Waals surface area contributed by atoms with E-state index in [9.17, 15) is 4.79 Å². The van der Waals surface area contributed by atoms with Crippen LogP contribution in [0.15, 0.2) is 12.3 Å². The number of carbonyl (C=O) groups excluding carboxylic acids is 1. The summed E-state index contributed by atoms with van der Waals surface area (Å²) >= 11 is 0. The first-order valence-corrected chi connectivity index (χ1v) is 7.76. The van der Waals surface area contributed by atoms with Gasteiger partial charge in [-0.1, -0.05) is 0 Å². The maximum absolute atomic E-state index is 11.2. The molecule has 20 heavy (non-hydrogen) atoms. The summed E-state index contributed by atoms with van der Waals surface area (Å²) in [5.74, 6) is 2.11. The molecule has 0 radical (unpaired) electrons. The molecule has 4 nitrogen and oxygen atoms in total. The molecule has 110 valence electrons. The largest absolute Gasteiger partial charge is 0.449 e. The number of hydrogen-bond acceptors (Lipinski definition) is 2. The Labute approximate surface area is 120 Å². The molecule has 4 heteroatoms. The summed E-state index contributed by atoms with van der Waals surface area (Å²) in [5, 5.41) is 2.51. The van der Waals surface area contributed by atoms with Gasteiger partial charge in [0.1, 0.15) is 0 Å². The Hall–Kier alpha value is -1.45. The highest BCUT2D eigenvalue weighted by molar-refractivity contribution is 5.66. The van der Waals surface area contributed by atoms with Gasteiger partial charge in [-0.25, -0.2) is 4.79 Å². The number of fused-ring (bicyclic) bond motifs is 2. The summed E-state index contributed by atoms with van der Waals surface area (Å²) in [6.45, 7) is 3.86.